The first-order valence-corrected chi connectivity index (χ1v) is 9.84. The average molecular weight is 327 g/mol. The smallest absolute Gasteiger partial charge is 0.0436 e. The van der Waals surface area contributed by atoms with Crippen molar-refractivity contribution in [1.82, 2.24) is 0 Å². The Morgan fingerprint density at radius 1 is 0.696 bits per heavy atom. The van der Waals surface area contributed by atoms with Gasteiger partial charge in [0.2, 0.25) is 0 Å². The van der Waals surface area contributed by atoms with Crippen LogP contribution < -0.4 is 0 Å². The van der Waals surface area contributed by atoms with Crippen molar-refractivity contribution in [1.29, 1.82) is 0 Å². The molecule has 1 N–H and O–H groups in total. The fourth-order valence-electron chi connectivity index (χ4n) is 4.92. The number of hydrogen-bond donors (Lipinski definition) is 1. The van der Waals surface area contributed by atoms with E-state index >= 15 is 0 Å². The maximum Gasteiger partial charge on any atom is 0.0436 e. The van der Waals surface area contributed by atoms with Gasteiger partial charge in [-0.2, -0.15) is 0 Å². The molecule has 0 fully saturated rings. The summed E-state index contributed by atoms with van der Waals surface area (Å²) in [5, 5.41) is 9.45. The van der Waals surface area contributed by atoms with Crippen LogP contribution in [0.25, 0.3) is 0 Å². The van der Waals surface area contributed by atoms with Crippen LogP contribution in [-0.2, 0) is 0 Å². The fourth-order valence-corrected chi connectivity index (χ4v) is 4.92. The second-order valence-corrected chi connectivity index (χ2v) is 10.8. The summed E-state index contributed by atoms with van der Waals surface area (Å²) in [5.74, 6) is 0.639. The summed E-state index contributed by atoms with van der Waals surface area (Å²) < 4.78 is 0. The van der Waals surface area contributed by atoms with E-state index in [2.05, 4.69) is 69.2 Å². The van der Waals surface area contributed by atoms with Crippen molar-refractivity contribution in [2.45, 2.75) is 108 Å². The normalized spacial score (nSPS) is 15.8. The van der Waals surface area contributed by atoms with E-state index in [-0.39, 0.29) is 5.41 Å². The monoisotopic (exact) mass is 326 g/mol. The molecule has 0 aliphatic carbocycles. The molecule has 0 radical (unpaired) electrons. The minimum atomic E-state index is 0.200. The average Bonchev–Trinajstić information content (AvgIpc) is 2.35. The maximum atomic E-state index is 9.45. The Balaban J connectivity index is 5.05. The molecule has 1 nitrogen and oxygen atoms in total. The highest BCUT2D eigenvalue weighted by Gasteiger charge is 2.41. The van der Waals surface area contributed by atoms with Crippen molar-refractivity contribution in [3.63, 3.8) is 0 Å². The van der Waals surface area contributed by atoms with Crippen LogP contribution in [0.3, 0.4) is 0 Å². The molecule has 0 aliphatic heterocycles. The summed E-state index contributed by atoms with van der Waals surface area (Å²) in [4.78, 5) is 0. The van der Waals surface area contributed by atoms with Gasteiger partial charge in [0.25, 0.3) is 0 Å². The van der Waals surface area contributed by atoms with Gasteiger partial charge in [-0.05, 0) is 53.3 Å². The second-order valence-electron chi connectivity index (χ2n) is 10.8. The van der Waals surface area contributed by atoms with Gasteiger partial charge in [0.05, 0.1) is 0 Å². The third-order valence-electron chi connectivity index (χ3n) is 6.42. The highest BCUT2D eigenvalue weighted by atomic mass is 16.3. The zero-order valence-corrected chi connectivity index (χ0v) is 18.0. The molecule has 0 aromatic rings. The standard InChI is InChI=1S/C22H46O/c1-11-18(21(7,8)15-16-23)22(9,10)17-20(5,6)14-13-19(3,4)12-2/h18,23H,11-17H2,1-10H3. The molecule has 1 heteroatoms. The SMILES string of the molecule is CCC(C(C)(C)CCO)C(C)(C)CC(C)(C)CCC(C)(C)CC. The van der Waals surface area contributed by atoms with Crippen LogP contribution >= 0.6 is 0 Å². The molecule has 0 aromatic carbocycles. The lowest BCUT2D eigenvalue weighted by molar-refractivity contribution is 0.0118. The summed E-state index contributed by atoms with van der Waals surface area (Å²) >= 11 is 0. The molecule has 0 aliphatic rings. The van der Waals surface area contributed by atoms with E-state index in [0.29, 0.717) is 28.8 Å². The van der Waals surface area contributed by atoms with Crippen LogP contribution in [0.5, 0.6) is 0 Å². The Hall–Kier alpha value is -0.0400. The van der Waals surface area contributed by atoms with Crippen LogP contribution in [0.4, 0.5) is 0 Å². The zero-order chi connectivity index (χ0) is 18.5. The van der Waals surface area contributed by atoms with Gasteiger partial charge in [-0.15, -0.1) is 0 Å². The molecule has 1 unspecified atom stereocenters. The molecule has 0 rings (SSSR count). The first kappa shape index (κ1) is 23.0. The van der Waals surface area contributed by atoms with Crippen LogP contribution in [0, 0.1) is 27.6 Å². The second kappa shape index (κ2) is 8.37. The Bertz CT molecular complexity index is 336. The lowest BCUT2D eigenvalue weighted by Crippen LogP contribution is -2.39. The van der Waals surface area contributed by atoms with Crippen LogP contribution in [0.1, 0.15) is 108 Å². The summed E-state index contributed by atoms with van der Waals surface area (Å²) in [6, 6.07) is 0. The third-order valence-corrected chi connectivity index (χ3v) is 6.42. The zero-order valence-electron chi connectivity index (χ0n) is 18.0. The Kier molecular flexibility index (Phi) is 8.35. The fraction of sp³-hybridized carbons (Fsp3) is 1.00. The summed E-state index contributed by atoms with van der Waals surface area (Å²) in [6.45, 7) is 24.2. The molecule has 0 heterocycles. The van der Waals surface area contributed by atoms with Crippen molar-refractivity contribution < 1.29 is 5.11 Å². The highest BCUT2D eigenvalue weighted by Crippen LogP contribution is 2.51. The molecule has 0 saturated heterocycles. The summed E-state index contributed by atoms with van der Waals surface area (Å²) in [5.41, 5.74) is 1.33. The predicted molar refractivity (Wildman–Crippen MR) is 105 cm³/mol. The van der Waals surface area contributed by atoms with Gasteiger partial charge in [-0.3, -0.25) is 0 Å². The number of aliphatic hydroxyl groups excluding tert-OH is 1. The molecule has 140 valence electrons. The molecule has 0 aromatic heterocycles. The van der Waals surface area contributed by atoms with E-state index in [0.717, 1.165) is 6.42 Å². The maximum absolute atomic E-state index is 9.45. The van der Waals surface area contributed by atoms with Gasteiger partial charge >= 0.3 is 0 Å². The van der Waals surface area contributed by atoms with Gasteiger partial charge in [0.15, 0.2) is 0 Å². The molecule has 0 amide bonds. The van der Waals surface area contributed by atoms with E-state index in [1.807, 2.05) is 0 Å². The Morgan fingerprint density at radius 2 is 1.17 bits per heavy atom. The summed E-state index contributed by atoms with van der Waals surface area (Å²) in [7, 11) is 0. The molecule has 23 heavy (non-hydrogen) atoms. The Labute approximate surface area is 147 Å². The lowest BCUT2D eigenvalue weighted by Gasteiger charge is -2.48. The topological polar surface area (TPSA) is 20.2 Å². The van der Waals surface area contributed by atoms with Gasteiger partial charge in [-0.25, -0.2) is 0 Å². The first-order chi connectivity index (χ1) is 10.2. The third kappa shape index (κ3) is 7.59. The number of rotatable bonds is 11. The molecule has 0 spiro atoms. The first-order valence-electron chi connectivity index (χ1n) is 9.84. The van der Waals surface area contributed by atoms with Gasteiger partial charge in [0, 0.05) is 6.61 Å². The minimum Gasteiger partial charge on any atom is -0.396 e. The van der Waals surface area contributed by atoms with E-state index in [1.165, 1.54) is 32.1 Å². The predicted octanol–water partition coefficient (Wildman–Crippen LogP) is 7.08. The molecule has 0 saturated carbocycles. The van der Waals surface area contributed by atoms with Crippen LogP contribution in [0.2, 0.25) is 0 Å². The quantitative estimate of drug-likeness (QED) is 0.430. The minimum absolute atomic E-state index is 0.200. The molecule has 0 bridgehead atoms. The van der Waals surface area contributed by atoms with E-state index in [4.69, 9.17) is 0 Å². The van der Waals surface area contributed by atoms with Crippen molar-refractivity contribution in [3.05, 3.63) is 0 Å². The van der Waals surface area contributed by atoms with Crippen LogP contribution in [-0.4, -0.2) is 11.7 Å². The van der Waals surface area contributed by atoms with Crippen molar-refractivity contribution in [2.75, 3.05) is 6.61 Å². The van der Waals surface area contributed by atoms with E-state index < -0.39 is 0 Å². The highest BCUT2D eigenvalue weighted by molar-refractivity contribution is 4.91. The Morgan fingerprint density at radius 3 is 1.57 bits per heavy atom. The number of hydrogen-bond acceptors (Lipinski definition) is 1. The lowest BCUT2D eigenvalue weighted by atomic mass is 9.57. The number of aliphatic hydroxyl groups is 1. The van der Waals surface area contributed by atoms with Gasteiger partial charge in [-0.1, -0.05) is 82.1 Å². The molecular formula is C22H46O. The van der Waals surface area contributed by atoms with Crippen LogP contribution in [0.15, 0.2) is 0 Å². The van der Waals surface area contributed by atoms with Crippen molar-refractivity contribution in [3.8, 4) is 0 Å². The largest absolute Gasteiger partial charge is 0.396 e. The molecule has 1 atom stereocenters. The van der Waals surface area contributed by atoms with Crippen molar-refractivity contribution >= 4 is 0 Å². The van der Waals surface area contributed by atoms with Gasteiger partial charge < -0.3 is 5.11 Å². The van der Waals surface area contributed by atoms with E-state index in [9.17, 15) is 5.11 Å². The van der Waals surface area contributed by atoms with Gasteiger partial charge in [0.1, 0.15) is 0 Å². The summed E-state index contributed by atoms with van der Waals surface area (Å²) in [6.07, 6.45) is 7.22. The van der Waals surface area contributed by atoms with E-state index in [1.54, 1.807) is 0 Å². The molecular weight excluding hydrogens is 280 g/mol. The van der Waals surface area contributed by atoms with Crippen molar-refractivity contribution in [2.24, 2.45) is 27.6 Å².